The molecule has 0 atom stereocenters. The second-order valence-electron chi connectivity index (χ2n) is 28.2. The third-order valence-corrected chi connectivity index (χ3v) is 18.5. The highest BCUT2D eigenvalue weighted by Gasteiger charge is 2.31. The predicted molar refractivity (Wildman–Crippen MR) is 466 cm³/mol. The third kappa shape index (κ3) is 31.2. The second kappa shape index (κ2) is 47.7. The molecule has 10 aromatic rings. The number of carbonyl (C=O) groups is 5. The molecule has 5 amide bonds. The highest BCUT2D eigenvalue weighted by atomic mass is 19.4. The summed E-state index contributed by atoms with van der Waals surface area (Å²) >= 11 is 0. The van der Waals surface area contributed by atoms with Gasteiger partial charge in [0.05, 0.1) is 36.3 Å². The smallest absolute Gasteiger partial charge is 0.416 e. The van der Waals surface area contributed by atoms with E-state index in [9.17, 15) is 45.9 Å². The summed E-state index contributed by atoms with van der Waals surface area (Å²) < 4.78 is 105. The summed E-state index contributed by atoms with van der Waals surface area (Å²) in [5.74, 6) is 4.69. The van der Waals surface area contributed by atoms with Gasteiger partial charge in [-0.15, -0.1) is 0 Å². The van der Waals surface area contributed by atoms with Crippen LogP contribution in [-0.4, -0.2) is 43.3 Å². The van der Waals surface area contributed by atoms with Crippen molar-refractivity contribution in [1.29, 1.82) is 0 Å². The van der Waals surface area contributed by atoms with E-state index >= 15 is 0 Å². The summed E-state index contributed by atoms with van der Waals surface area (Å²) in [6.07, 6.45) is -3.58. The van der Waals surface area contributed by atoms with Crippen molar-refractivity contribution in [2.75, 3.05) is 40.3 Å². The van der Waals surface area contributed by atoms with E-state index in [2.05, 4.69) is 72.1 Å². The molecule has 17 nitrogen and oxygen atoms in total. The number of para-hydroxylation sites is 1. The zero-order chi connectivity index (χ0) is 87.5. The normalized spacial score (nSPS) is 10.6. The van der Waals surface area contributed by atoms with Gasteiger partial charge in [-0.1, -0.05) is 172 Å². The maximum absolute atomic E-state index is 12.9. The SMILES string of the molecule is C=Cc1cccc(COc2ccc(C)cc2C)c1NC(=O)CC.CCC(=O)Nc1cc(C(F)(F)F)ccc1COc1ccc(C)cc1C.CCC(=O)Nc1cc(C(F)F)ccc1COc1ccc(C)cc1C.CCC(=O)Nc1cc(OC)ccc1COc1ccc(C)cc1C.CCOc1ccc(COc2ccc(C)cc2C)c(NC(=O)CC)c1. The van der Waals surface area contributed by atoms with Gasteiger partial charge >= 0.3 is 6.18 Å². The molecule has 5 N–H and O–H groups in total. The first-order valence-corrected chi connectivity index (χ1v) is 39.5. The minimum atomic E-state index is -4.47. The maximum atomic E-state index is 12.9. The van der Waals surface area contributed by atoms with Gasteiger partial charge in [0, 0.05) is 89.0 Å². The Balaban J connectivity index is 0.000000231. The van der Waals surface area contributed by atoms with Crippen LogP contribution in [0.3, 0.4) is 0 Å². The minimum Gasteiger partial charge on any atom is -0.497 e. The van der Waals surface area contributed by atoms with Crippen LogP contribution in [0.25, 0.3) is 6.08 Å². The molecule has 0 aliphatic carbocycles. The van der Waals surface area contributed by atoms with Crippen molar-refractivity contribution in [3.8, 4) is 40.2 Å². The van der Waals surface area contributed by atoms with Crippen LogP contribution in [-0.2, 0) is 63.2 Å². The zero-order valence-corrected chi connectivity index (χ0v) is 71.2. The van der Waals surface area contributed by atoms with Crippen molar-refractivity contribution < 1.29 is 79.1 Å². The van der Waals surface area contributed by atoms with Gasteiger partial charge in [-0.2, -0.15) is 13.2 Å². The van der Waals surface area contributed by atoms with Gasteiger partial charge in [-0.05, 0) is 182 Å². The molecule has 0 bridgehead atoms. The Hall–Kier alpha value is -12.5. The Morgan fingerprint density at radius 3 is 0.992 bits per heavy atom. The number of amides is 5. The van der Waals surface area contributed by atoms with Gasteiger partial charge in [0.2, 0.25) is 29.5 Å². The number of benzene rings is 10. The van der Waals surface area contributed by atoms with Gasteiger partial charge in [-0.3, -0.25) is 24.0 Å². The molecule has 10 rings (SSSR count). The van der Waals surface area contributed by atoms with Crippen molar-refractivity contribution in [3.05, 3.63) is 289 Å². The summed E-state index contributed by atoms with van der Waals surface area (Å²) in [5.41, 5.74) is 17.6. The highest BCUT2D eigenvalue weighted by Crippen LogP contribution is 2.36. The second-order valence-corrected chi connectivity index (χ2v) is 28.2. The molecule has 0 aromatic heterocycles. The van der Waals surface area contributed by atoms with Crippen LogP contribution in [0, 0.1) is 69.2 Å². The average molecular weight is 1630 g/mol. The van der Waals surface area contributed by atoms with Crippen LogP contribution >= 0.6 is 0 Å². The quantitative estimate of drug-likeness (QED) is 0.0266. The van der Waals surface area contributed by atoms with Crippen LogP contribution < -0.4 is 59.7 Å². The molecule has 119 heavy (non-hydrogen) atoms. The van der Waals surface area contributed by atoms with Crippen molar-refractivity contribution >= 4 is 64.0 Å². The van der Waals surface area contributed by atoms with Crippen LogP contribution in [0.4, 0.5) is 50.4 Å². The van der Waals surface area contributed by atoms with E-state index in [1.807, 2.05) is 204 Å². The molecule has 0 unspecified atom stereocenters. The van der Waals surface area contributed by atoms with E-state index < -0.39 is 18.2 Å². The van der Waals surface area contributed by atoms with E-state index in [1.165, 1.54) is 34.9 Å². The van der Waals surface area contributed by atoms with Crippen molar-refractivity contribution in [3.63, 3.8) is 0 Å². The molecular formula is C97H112F5N5O12. The van der Waals surface area contributed by atoms with Gasteiger partial charge < -0.3 is 59.7 Å². The molecule has 0 aliphatic rings. The van der Waals surface area contributed by atoms with E-state index in [1.54, 1.807) is 33.1 Å². The first kappa shape index (κ1) is 95.4. The molecule has 0 radical (unpaired) electrons. The number of halogens is 5. The number of hydrogen-bond donors (Lipinski definition) is 5. The standard InChI is InChI=1S/C20H25NO3.C20H23NO2.C19H20F3NO2.C19H21F2NO2.C19H23NO3/c1-5-20(22)21-18-12-17(23-6-2)9-8-16(18)13-24-19-10-7-14(3)11-15(19)4;1-5-16-8-7-9-17(20(16)21-19(22)6-2)13-23-18-11-10-14(3)12-15(18)4;1-4-18(24)23-16-10-15(19(20,21)22)7-6-14(16)11-25-17-8-5-12(2)9-13(17)3;1-4-18(23)22-16-10-14(19(20)21)6-7-15(16)11-24-17-8-5-12(2)9-13(17)3;1-5-19(21)20-17-11-16(22-4)8-7-15(17)12-23-18-9-6-13(2)10-14(18)3/h7-12H,5-6,13H2,1-4H3,(H,21,22);5,7-12H,1,6,13H2,2-4H3,(H,21,22);5-10H,4,11H2,1-3H3,(H,23,24);5-10,19H,4,11H2,1-3H3,(H,22,23);6-11H,5,12H2,1-4H3,(H,20,21). The molecule has 22 heteroatoms. The van der Waals surface area contributed by atoms with Gasteiger partial charge in [0.15, 0.2) is 0 Å². The number of aryl methyl sites for hydroxylation is 10. The lowest BCUT2D eigenvalue weighted by molar-refractivity contribution is -0.137. The number of ether oxygens (including phenoxy) is 7. The topological polar surface area (TPSA) is 210 Å². The van der Waals surface area contributed by atoms with Crippen LogP contribution in [0.15, 0.2) is 189 Å². The fraction of sp³-hybridized carbons (Fsp3) is 0.309. The summed E-state index contributed by atoms with van der Waals surface area (Å²) in [5, 5.41) is 13.9. The Morgan fingerprint density at radius 1 is 0.361 bits per heavy atom. The molecule has 0 heterocycles. The fourth-order valence-corrected chi connectivity index (χ4v) is 11.8. The monoisotopic (exact) mass is 1630 g/mol. The highest BCUT2D eigenvalue weighted by molar-refractivity contribution is 5.95. The molecule has 0 saturated heterocycles. The summed E-state index contributed by atoms with van der Waals surface area (Å²) in [7, 11) is 1.60. The Bertz CT molecular complexity index is 5080. The summed E-state index contributed by atoms with van der Waals surface area (Å²) in [4.78, 5) is 58.5. The van der Waals surface area contributed by atoms with E-state index in [-0.39, 0.29) is 66.8 Å². The lowest BCUT2D eigenvalue weighted by Crippen LogP contribution is -2.14. The molecule has 0 spiro atoms. The van der Waals surface area contributed by atoms with Crippen molar-refractivity contribution in [2.24, 2.45) is 0 Å². The number of nitrogens with one attached hydrogen (secondary N) is 5. The lowest BCUT2D eigenvalue weighted by atomic mass is 10.1. The number of alkyl halides is 5. The summed E-state index contributed by atoms with van der Waals surface area (Å²) in [6, 6.07) is 54.4. The number of hydrogen-bond acceptors (Lipinski definition) is 12. The summed E-state index contributed by atoms with van der Waals surface area (Å²) in [6.45, 7) is 36.6. The van der Waals surface area contributed by atoms with Gasteiger partial charge in [-0.25, -0.2) is 8.78 Å². The lowest BCUT2D eigenvalue weighted by Gasteiger charge is -2.16. The van der Waals surface area contributed by atoms with Gasteiger partial charge in [0.1, 0.15) is 73.3 Å². The predicted octanol–water partition coefficient (Wildman–Crippen LogP) is 24.2. The Morgan fingerprint density at radius 2 is 0.672 bits per heavy atom. The van der Waals surface area contributed by atoms with E-state index in [0.717, 1.165) is 119 Å². The molecule has 10 aromatic carbocycles. The zero-order valence-electron chi connectivity index (χ0n) is 71.2. The van der Waals surface area contributed by atoms with Crippen LogP contribution in [0.1, 0.15) is 180 Å². The largest absolute Gasteiger partial charge is 0.497 e. The van der Waals surface area contributed by atoms with Crippen molar-refractivity contribution in [2.45, 2.75) is 189 Å². The third-order valence-electron chi connectivity index (χ3n) is 18.5. The first-order valence-electron chi connectivity index (χ1n) is 39.5. The van der Waals surface area contributed by atoms with Gasteiger partial charge in [0.25, 0.3) is 6.43 Å². The fourth-order valence-electron chi connectivity index (χ4n) is 11.8. The van der Waals surface area contributed by atoms with E-state index in [4.69, 9.17) is 33.2 Å². The van der Waals surface area contributed by atoms with Crippen LogP contribution in [0.2, 0.25) is 0 Å². The first-order chi connectivity index (χ1) is 56.7. The number of carbonyl (C=O) groups excluding carboxylic acids is 5. The molecular weight excluding hydrogens is 1520 g/mol. The average Bonchev–Trinajstić information content (AvgIpc) is 0.839. The van der Waals surface area contributed by atoms with E-state index in [0.29, 0.717) is 74.0 Å². The minimum absolute atomic E-state index is 0.0212. The molecule has 0 fully saturated rings. The number of methoxy groups -OCH3 is 1. The van der Waals surface area contributed by atoms with Crippen molar-refractivity contribution in [1.82, 2.24) is 0 Å². The Labute approximate surface area is 697 Å². The maximum Gasteiger partial charge on any atom is 0.416 e. The molecule has 0 saturated carbocycles. The molecule has 632 valence electrons. The molecule has 0 aliphatic heterocycles. The number of rotatable bonds is 30. The number of anilines is 5. The van der Waals surface area contributed by atoms with Crippen LogP contribution in [0.5, 0.6) is 40.2 Å². The Kier molecular flexibility index (Phi) is 38.2.